The highest BCUT2D eigenvalue weighted by molar-refractivity contribution is 5.81. The molecule has 98 valence electrons. The van der Waals surface area contributed by atoms with E-state index in [1.165, 1.54) is 5.56 Å². The lowest BCUT2D eigenvalue weighted by Gasteiger charge is -2.33. The molecule has 2 N–H and O–H groups in total. The van der Waals surface area contributed by atoms with E-state index >= 15 is 0 Å². The largest absolute Gasteiger partial charge is 0.491 e. The Kier molecular flexibility index (Phi) is 3.20. The highest BCUT2D eigenvalue weighted by Gasteiger charge is 2.36. The summed E-state index contributed by atoms with van der Waals surface area (Å²) < 4.78 is 5.65. The van der Waals surface area contributed by atoms with Crippen LogP contribution in [0.15, 0.2) is 29.3 Å². The van der Waals surface area contributed by atoms with Gasteiger partial charge in [-0.3, -0.25) is 4.99 Å². The summed E-state index contributed by atoms with van der Waals surface area (Å²) in [5.74, 6) is 1.49. The number of ether oxygens (including phenoxy) is 1. The second kappa shape index (κ2) is 4.52. The molecule has 1 atom stereocenters. The fourth-order valence-electron chi connectivity index (χ4n) is 2.15. The summed E-state index contributed by atoms with van der Waals surface area (Å²) in [6.07, 6.45) is 0.194. The first kappa shape index (κ1) is 12.7. The van der Waals surface area contributed by atoms with Crippen LogP contribution in [0.25, 0.3) is 0 Å². The highest BCUT2D eigenvalue weighted by atomic mass is 16.5. The molecule has 0 aromatic heterocycles. The zero-order valence-electron chi connectivity index (χ0n) is 11.5. The molecule has 4 heteroatoms. The van der Waals surface area contributed by atoms with Crippen molar-refractivity contribution in [2.24, 2.45) is 10.7 Å². The van der Waals surface area contributed by atoms with E-state index in [0.717, 1.165) is 5.75 Å². The van der Waals surface area contributed by atoms with Crippen molar-refractivity contribution < 1.29 is 4.74 Å². The molecule has 0 amide bonds. The molecule has 1 aliphatic heterocycles. The van der Waals surface area contributed by atoms with Gasteiger partial charge in [-0.05, 0) is 38.5 Å². The molecular weight excluding hydrogens is 226 g/mol. The van der Waals surface area contributed by atoms with Gasteiger partial charge in [0.2, 0.25) is 0 Å². The predicted molar refractivity (Wildman–Crippen MR) is 73.8 cm³/mol. The van der Waals surface area contributed by atoms with Crippen LogP contribution in [-0.2, 0) is 5.54 Å². The molecule has 0 aliphatic carbocycles. The molecule has 1 heterocycles. The number of likely N-dealkylation sites (N-methyl/N-ethyl adjacent to an activating group) is 1. The van der Waals surface area contributed by atoms with Gasteiger partial charge in [-0.15, -0.1) is 0 Å². The molecule has 0 saturated heterocycles. The lowest BCUT2D eigenvalue weighted by molar-refractivity contribution is 0.241. The topological polar surface area (TPSA) is 50.9 Å². The van der Waals surface area contributed by atoms with E-state index < -0.39 is 0 Å². The number of benzene rings is 1. The van der Waals surface area contributed by atoms with E-state index in [2.05, 4.69) is 24.0 Å². The molecule has 18 heavy (non-hydrogen) atoms. The van der Waals surface area contributed by atoms with Gasteiger partial charge in [0.1, 0.15) is 5.75 Å². The normalized spacial score (nSPS) is 23.4. The Bertz CT molecular complexity index is 453. The standard InChI is InChI=1S/C14H21N3O/c1-10(2)18-12-7-5-11(6-8-12)14(3)9-16-13(15)17(14)4/h5-8,10H,9H2,1-4H3,(H2,15,16). The summed E-state index contributed by atoms with van der Waals surface area (Å²) >= 11 is 0. The number of aliphatic imine (C=N–C) groups is 1. The summed E-state index contributed by atoms with van der Waals surface area (Å²) in [6, 6.07) is 8.18. The quantitative estimate of drug-likeness (QED) is 0.888. The number of rotatable bonds is 3. The monoisotopic (exact) mass is 247 g/mol. The summed E-state index contributed by atoms with van der Waals surface area (Å²) in [5, 5.41) is 0. The van der Waals surface area contributed by atoms with Crippen LogP contribution in [0.1, 0.15) is 26.3 Å². The Morgan fingerprint density at radius 3 is 2.39 bits per heavy atom. The van der Waals surface area contributed by atoms with Crippen molar-refractivity contribution >= 4 is 5.96 Å². The maximum absolute atomic E-state index is 5.84. The third kappa shape index (κ3) is 2.15. The summed E-state index contributed by atoms with van der Waals surface area (Å²) in [6.45, 7) is 6.89. The van der Waals surface area contributed by atoms with Crippen LogP contribution < -0.4 is 10.5 Å². The SMILES string of the molecule is CC(C)Oc1ccc(C2(C)CN=C(N)N2C)cc1. The van der Waals surface area contributed by atoms with Gasteiger partial charge in [-0.1, -0.05) is 12.1 Å². The summed E-state index contributed by atoms with van der Waals surface area (Å²) in [4.78, 5) is 6.33. The number of guanidine groups is 1. The molecule has 1 unspecified atom stereocenters. The maximum Gasteiger partial charge on any atom is 0.191 e. The van der Waals surface area contributed by atoms with Gasteiger partial charge in [0.25, 0.3) is 0 Å². The number of hydrogen-bond donors (Lipinski definition) is 1. The van der Waals surface area contributed by atoms with Crippen molar-refractivity contribution in [1.82, 2.24) is 4.90 Å². The van der Waals surface area contributed by atoms with Gasteiger partial charge >= 0.3 is 0 Å². The van der Waals surface area contributed by atoms with E-state index in [1.807, 2.05) is 37.9 Å². The van der Waals surface area contributed by atoms with Gasteiger partial charge in [-0.2, -0.15) is 0 Å². The molecule has 1 aliphatic rings. The van der Waals surface area contributed by atoms with Gasteiger partial charge in [0.15, 0.2) is 5.96 Å². The molecule has 4 nitrogen and oxygen atoms in total. The average Bonchev–Trinajstić information content (AvgIpc) is 2.58. The first-order valence-electron chi connectivity index (χ1n) is 6.24. The van der Waals surface area contributed by atoms with E-state index in [-0.39, 0.29) is 11.6 Å². The van der Waals surface area contributed by atoms with E-state index in [1.54, 1.807) is 0 Å². The number of nitrogens with zero attached hydrogens (tertiary/aromatic N) is 2. The van der Waals surface area contributed by atoms with Crippen molar-refractivity contribution in [2.75, 3.05) is 13.6 Å². The number of nitrogens with two attached hydrogens (primary N) is 1. The first-order chi connectivity index (χ1) is 8.43. The summed E-state index contributed by atoms with van der Waals surface area (Å²) in [7, 11) is 1.98. The third-order valence-electron chi connectivity index (χ3n) is 3.48. The zero-order chi connectivity index (χ0) is 13.3. The lowest BCUT2D eigenvalue weighted by Crippen LogP contribution is -2.44. The van der Waals surface area contributed by atoms with Crippen LogP contribution in [0.3, 0.4) is 0 Å². The molecular formula is C14H21N3O. The van der Waals surface area contributed by atoms with Crippen LogP contribution in [-0.4, -0.2) is 30.6 Å². The molecule has 0 radical (unpaired) electrons. The molecule has 0 bridgehead atoms. The van der Waals surface area contributed by atoms with Crippen LogP contribution >= 0.6 is 0 Å². The van der Waals surface area contributed by atoms with Gasteiger partial charge in [0, 0.05) is 7.05 Å². The molecule has 0 spiro atoms. The van der Waals surface area contributed by atoms with Crippen LogP contribution in [0.4, 0.5) is 0 Å². The van der Waals surface area contributed by atoms with E-state index in [9.17, 15) is 0 Å². The van der Waals surface area contributed by atoms with Crippen LogP contribution in [0.2, 0.25) is 0 Å². The van der Waals surface area contributed by atoms with Crippen LogP contribution in [0, 0.1) is 0 Å². The smallest absolute Gasteiger partial charge is 0.191 e. The molecule has 1 aromatic carbocycles. The van der Waals surface area contributed by atoms with Crippen molar-refractivity contribution in [3.63, 3.8) is 0 Å². The van der Waals surface area contributed by atoms with Crippen molar-refractivity contribution in [3.8, 4) is 5.75 Å². The van der Waals surface area contributed by atoms with Gasteiger partial charge in [-0.25, -0.2) is 0 Å². The second-order valence-corrected chi connectivity index (χ2v) is 5.20. The minimum absolute atomic E-state index is 0.152. The molecule has 2 rings (SSSR count). The molecule has 0 fully saturated rings. The Morgan fingerprint density at radius 1 is 1.33 bits per heavy atom. The number of hydrogen-bond acceptors (Lipinski definition) is 4. The van der Waals surface area contributed by atoms with E-state index in [4.69, 9.17) is 10.5 Å². The maximum atomic E-state index is 5.84. The predicted octanol–water partition coefficient (Wildman–Crippen LogP) is 1.95. The second-order valence-electron chi connectivity index (χ2n) is 5.20. The zero-order valence-corrected chi connectivity index (χ0v) is 11.5. The average molecular weight is 247 g/mol. The minimum atomic E-state index is -0.152. The fourth-order valence-corrected chi connectivity index (χ4v) is 2.15. The Hall–Kier alpha value is -1.71. The first-order valence-corrected chi connectivity index (χ1v) is 6.24. The highest BCUT2D eigenvalue weighted by Crippen LogP contribution is 2.32. The Labute approximate surface area is 108 Å². The Morgan fingerprint density at radius 2 is 1.94 bits per heavy atom. The summed E-state index contributed by atoms with van der Waals surface area (Å²) in [5.41, 5.74) is 6.89. The van der Waals surface area contributed by atoms with Crippen molar-refractivity contribution in [1.29, 1.82) is 0 Å². The van der Waals surface area contributed by atoms with Crippen molar-refractivity contribution in [2.45, 2.75) is 32.4 Å². The van der Waals surface area contributed by atoms with Crippen molar-refractivity contribution in [3.05, 3.63) is 29.8 Å². The minimum Gasteiger partial charge on any atom is -0.491 e. The third-order valence-corrected chi connectivity index (χ3v) is 3.48. The van der Waals surface area contributed by atoms with Crippen LogP contribution in [0.5, 0.6) is 5.75 Å². The molecule has 1 aromatic rings. The Balaban J connectivity index is 2.20. The fraction of sp³-hybridized carbons (Fsp3) is 0.500. The molecule has 0 saturated carbocycles. The van der Waals surface area contributed by atoms with Gasteiger partial charge < -0.3 is 15.4 Å². The van der Waals surface area contributed by atoms with Gasteiger partial charge in [0.05, 0.1) is 18.2 Å². The van der Waals surface area contributed by atoms with E-state index in [0.29, 0.717) is 12.5 Å². The lowest BCUT2D eigenvalue weighted by atomic mass is 9.91.